The zero-order valence-electron chi connectivity index (χ0n) is 11.6. The SMILES string of the molecule is CN(C)[P+](c1ccccc1)(N(C)C)N(C)C.[Cl-]. The third-order valence-corrected chi connectivity index (χ3v) is 7.11. The maximum Gasteiger partial charge on any atom is 0.260 e. The van der Waals surface area contributed by atoms with Gasteiger partial charge in [-0.2, -0.15) is 14.0 Å². The molecule has 5 heteroatoms. The molecule has 0 saturated heterocycles. The lowest BCUT2D eigenvalue weighted by Gasteiger charge is -2.39. The topological polar surface area (TPSA) is 9.72 Å². The van der Waals surface area contributed by atoms with Crippen LogP contribution in [0.3, 0.4) is 0 Å². The van der Waals surface area contributed by atoms with Crippen molar-refractivity contribution < 1.29 is 12.4 Å². The molecule has 98 valence electrons. The minimum atomic E-state index is -1.56. The predicted octanol–water partition coefficient (Wildman–Crippen LogP) is -1.24. The van der Waals surface area contributed by atoms with Gasteiger partial charge in [0.25, 0.3) is 7.71 Å². The highest BCUT2D eigenvalue weighted by molar-refractivity contribution is 7.76. The van der Waals surface area contributed by atoms with Gasteiger partial charge in [0.05, 0.1) is 0 Å². The van der Waals surface area contributed by atoms with Crippen LogP contribution in [0.2, 0.25) is 0 Å². The van der Waals surface area contributed by atoms with Crippen molar-refractivity contribution >= 4 is 13.0 Å². The first-order chi connectivity index (χ1) is 7.44. The Labute approximate surface area is 112 Å². The van der Waals surface area contributed by atoms with Crippen molar-refractivity contribution in [3.05, 3.63) is 30.3 Å². The Morgan fingerprint density at radius 1 is 0.706 bits per heavy atom. The molecule has 0 aliphatic heterocycles. The van der Waals surface area contributed by atoms with Crippen LogP contribution < -0.4 is 17.7 Å². The number of hydrogen-bond acceptors (Lipinski definition) is 3. The standard InChI is InChI=1S/C12H23N3P.ClH/c1-13(2)16(14(3)4,15(5)6)12-10-8-7-9-11-12;/h7-11H,1-6H3;1H/q+1;/p-1. The van der Waals surface area contributed by atoms with Crippen molar-refractivity contribution in [1.29, 1.82) is 0 Å². The first kappa shape index (κ1) is 16.8. The van der Waals surface area contributed by atoms with E-state index in [0.717, 1.165) is 0 Å². The lowest BCUT2D eigenvalue weighted by atomic mass is 10.4. The van der Waals surface area contributed by atoms with Gasteiger partial charge in [0, 0.05) is 42.3 Å². The summed E-state index contributed by atoms with van der Waals surface area (Å²) >= 11 is 0. The number of halogens is 1. The zero-order valence-corrected chi connectivity index (χ0v) is 13.2. The number of hydrogen-bond donors (Lipinski definition) is 0. The maximum atomic E-state index is 2.34. The highest BCUT2D eigenvalue weighted by Gasteiger charge is 2.49. The molecule has 0 aliphatic rings. The van der Waals surface area contributed by atoms with Crippen molar-refractivity contribution in [3.63, 3.8) is 0 Å². The van der Waals surface area contributed by atoms with E-state index in [-0.39, 0.29) is 12.4 Å². The molecule has 17 heavy (non-hydrogen) atoms. The summed E-state index contributed by atoms with van der Waals surface area (Å²) in [6, 6.07) is 10.7. The van der Waals surface area contributed by atoms with Gasteiger partial charge in [-0.05, 0) is 12.1 Å². The summed E-state index contributed by atoms with van der Waals surface area (Å²) < 4.78 is 7.01. The quantitative estimate of drug-likeness (QED) is 0.637. The lowest BCUT2D eigenvalue weighted by molar-refractivity contribution is -0.00000355. The van der Waals surface area contributed by atoms with Crippen LogP contribution >= 0.6 is 7.71 Å². The molecule has 0 spiro atoms. The van der Waals surface area contributed by atoms with Crippen molar-refractivity contribution in [2.24, 2.45) is 0 Å². The molecule has 0 heterocycles. The minimum absolute atomic E-state index is 0. The summed E-state index contributed by atoms with van der Waals surface area (Å²) in [4.78, 5) is 0. The summed E-state index contributed by atoms with van der Waals surface area (Å²) in [5, 5.41) is 1.38. The van der Waals surface area contributed by atoms with Crippen molar-refractivity contribution in [1.82, 2.24) is 14.0 Å². The molecule has 0 N–H and O–H groups in total. The summed E-state index contributed by atoms with van der Waals surface area (Å²) in [6.07, 6.45) is 0. The molecule has 1 aromatic rings. The van der Waals surface area contributed by atoms with Crippen LogP contribution in [0.1, 0.15) is 0 Å². The second-order valence-corrected chi connectivity index (χ2v) is 8.50. The summed E-state index contributed by atoms with van der Waals surface area (Å²) in [5.74, 6) is 0. The van der Waals surface area contributed by atoms with Gasteiger partial charge in [-0.1, -0.05) is 18.2 Å². The molecule has 0 aromatic heterocycles. The van der Waals surface area contributed by atoms with Gasteiger partial charge in [0.2, 0.25) is 0 Å². The summed E-state index contributed by atoms with van der Waals surface area (Å²) in [5.41, 5.74) is 0. The fourth-order valence-corrected chi connectivity index (χ4v) is 6.50. The van der Waals surface area contributed by atoms with Crippen LogP contribution in [0.15, 0.2) is 30.3 Å². The molecule has 0 atom stereocenters. The largest absolute Gasteiger partial charge is 1.00 e. The number of benzene rings is 1. The lowest BCUT2D eigenvalue weighted by Crippen LogP contribution is -3.00. The Kier molecular flexibility index (Phi) is 6.60. The van der Waals surface area contributed by atoms with E-state index in [1.165, 1.54) is 5.30 Å². The molecule has 0 bridgehead atoms. The van der Waals surface area contributed by atoms with Crippen LogP contribution in [0.4, 0.5) is 0 Å². The third-order valence-electron chi connectivity index (χ3n) is 2.78. The Morgan fingerprint density at radius 3 is 1.35 bits per heavy atom. The Hall–Kier alpha value is -0.180. The average molecular weight is 276 g/mol. The van der Waals surface area contributed by atoms with E-state index in [1.807, 2.05) is 0 Å². The Morgan fingerprint density at radius 2 is 1.06 bits per heavy atom. The van der Waals surface area contributed by atoms with Crippen molar-refractivity contribution in [3.8, 4) is 0 Å². The van der Waals surface area contributed by atoms with Crippen LogP contribution in [0.5, 0.6) is 0 Å². The van der Waals surface area contributed by atoms with Crippen LogP contribution in [0.25, 0.3) is 0 Å². The van der Waals surface area contributed by atoms with Gasteiger partial charge in [-0.15, -0.1) is 0 Å². The Bertz CT molecular complexity index is 306. The maximum absolute atomic E-state index is 2.34. The highest BCUT2D eigenvalue weighted by Crippen LogP contribution is 2.62. The molecule has 3 nitrogen and oxygen atoms in total. The molecular formula is C12H23ClN3P. The van der Waals surface area contributed by atoms with E-state index in [1.54, 1.807) is 0 Å². The molecule has 0 fully saturated rings. The Balaban J connectivity index is 0.00000256. The summed E-state index contributed by atoms with van der Waals surface area (Å²) in [7, 11) is 11.4. The minimum Gasteiger partial charge on any atom is -1.00 e. The van der Waals surface area contributed by atoms with Gasteiger partial charge in [-0.3, -0.25) is 0 Å². The van der Waals surface area contributed by atoms with Gasteiger partial charge in [0.1, 0.15) is 5.30 Å². The normalized spacial score (nSPS) is 12.1. The third kappa shape index (κ3) is 2.98. The monoisotopic (exact) mass is 275 g/mol. The van der Waals surface area contributed by atoms with Crippen LogP contribution in [0, 0.1) is 0 Å². The second kappa shape index (κ2) is 6.67. The van der Waals surface area contributed by atoms with E-state index >= 15 is 0 Å². The molecular weight excluding hydrogens is 253 g/mol. The van der Waals surface area contributed by atoms with Gasteiger partial charge >= 0.3 is 0 Å². The van der Waals surface area contributed by atoms with E-state index in [4.69, 9.17) is 0 Å². The second-order valence-electron chi connectivity index (χ2n) is 4.45. The van der Waals surface area contributed by atoms with Gasteiger partial charge in [0.15, 0.2) is 0 Å². The molecule has 0 radical (unpaired) electrons. The molecule has 1 aromatic carbocycles. The first-order valence-corrected chi connectivity index (χ1v) is 7.06. The first-order valence-electron chi connectivity index (χ1n) is 5.42. The van der Waals surface area contributed by atoms with E-state index in [2.05, 4.69) is 86.6 Å². The highest BCUT2D eigenvalue weighted by atomic mass is 35.5. The van der Waals surface area contributed by atoms with E-state index in [0.29, 0.717) is 0 Å². The van der Waals surface area contributed by atoms with Gasteiger partial charge in [-0.25, -0.2) is 0 Å². The predicted molar refractivity (Wildman–Crippen MR) is 74.1 cm³/mol. The zero-order chi connectivity index (χ0) is 12.3. The fraction of sp³-hybridized carbons (Fsp3) is 0.500. The number of nitrogens with zero attached hydrogens (tertiary/aromatic N) is 3. The fourth-order valence-electron chi connectivity index (χ4n) is 2.39. The molecule has 0 amide bonds. The number of rotatable bonds is 4. The van der Waals surface area contributed by atoms with E-state index < -0.39 is 7.71 Å². The molecule has 0 aliphatic carbocycles. The molecule has 1 rings (SSSR count). The van der Waals surface area contributed by atoms with Crippen molar-refractivity contribution in [2.75, 3.05) is 42.3 Å². The van der Waals surface area contributed by atoms with Gasteiger partial charge < -0.3 is 12.4 Å². The van der Waals surface area contributed by atoms with Crippen LogP contribution in [-0.2, 0) is 0 Å². The summed E-state index contributed by atoms with van der Waals surface area (Å²) in [6.45, 7) is 0. The average Bonchev–Trinajstić information content (AvgIpc) is 2.18. The van der Waals surface area contributed by atoms with Crippen LogP contribution in [-0.4, -0.2) is 56.3 Å². The molecule has 0 saturated carbocycles. The van der Waals surface area contributed by atoms with Crippen molar-refractivity contribution in [2.45, 2.75) is 0 Å². The molecule has 0 unspecified atom stereocenters. The van der Waals surface area contributed by atoms with E-state index in [9.17, 15) is 0 Å². The smallest absolute Gasteiger partial charge is 0.260 e.